The molecular weight excluding hydrogens is 277 g/mol. The number of carbonyl (C=O) groups excluding carboxylic acids is 1. The van der Waals surface area contributed by atoms with Crippen molar-refractivity contribution in [1.82, 2.24) is 5.32 Å². The molecule has 1 amide bonds. The molecule has 0 saturated heterocycles. The second-order valence-corrected chi connectivity index (χ2v) is 4.98. The van der Waals surface area contributed by atoms with Crippen molar-refractivity contribution in [3.63, 3.8) is 0 Å². The van der Waals surface area contributed by atoms with Crippen LogP contribution >= 0.6 is 0 Å². The molecule has 1 unspecified atom stereocenters. The molecule has 0 aliphatic heterocycles. The van der Waals surface area contributed by atoms with Crippen molar-refractivity contribution >= 4 is 17.3 Å². The van der Waals surface area contributed by atoms with E-state index in [0.29, 0.717) is 0 Å². The first kappa shape index (κ1) is 16.9. The van der Waals surface area contributed by atoms with Gasteiger partial charge >= 0.3 is 0 Å². The second kappa shape index (κ2) is 7.56. The molecule has 0 heterocycles. The SMILES string of the molecule is CCCCCC(C)NC(=O)c1c(F)ccc([N+](=O)[O-])c1N. The number of rotatable bonds is 7. The highest BCUT2D eigenvalue weighted by molar-refractivity contribution is 6.01. The summed E-state index contributed by atoms with van der Waals surface area (Å²) in [5.41, 5.74) is 4.16. The predicted molar refractivity (Wildman–Crippen MR) is 78.5 cm³/mol. The van der Waals surface area contributed by atoms with E-state index < -0.39 is 33.6 Å². The van der Waals surface area contributed by atoms with E-state index in [1.807, 2.05) is 0 Å². The van der Waals surface area contributed by atoms with Crippen molar-refractivity contribution in [2.24, 2.45) is 0 Å². The van der Waals surface area contributed by atoms with Gasteiger partial charge in [-0.15, -0.1) is 0 Å². The molecule has 1 rings (SSSR count). The van der Waals surface area contributed by atoms with Gasteiger partial charge in [0.25, 0.3) is 11.6 Å². The van der Waals surface area contributed by atoms with Gasteiger partial charge in [0.2, 0.25) is 0 Å². The molecule has 0 aliphatic carbocycles. The fraction of sp³-hybridized carbons (Fsp3) is 0.500. The number of benzene rings is 1. The molecule has 6 nitrogen and oxygen atoms in total. The van der Waals surface area contributed by atoms with Crippen molar-refractivity contribution in [1.29, 1.82) is 0 Å². The van der Waals surface area contributed by atoms with E-state index in [1.165, 1.54) is 0 Å². The Morgan fingerprint density at radius 3 is 2.71 bits per heavy atom. The number of nitro benzene ring substituents is 1. The quantitative estimate of drug-likeness (QED) is 0.350. The van der Waals surface area contributed by atoms with E-state index in [9.17, 15) is 19.3 Å². The first-order valence-electron chi connectivity index (χ1n) is 6.91. The van der Waals surface area contributed by atoms with Crippen molar-refractivity contribution in [2.45, 2.75) is 45.6 Å². The fourth-order valence-electron chi connectivity index (χ4n) is 2.04. The van der Waals surface area contributed by atoms with Crippen molar-refractivity contribution in [3.05, 3.63) is 33.6 Å². The maximum atomic E-state index is 13.7. The monoisotopic (exact) mass is 297 g/mol. The van der Waals surface area contributed by atoms with Crippen LogP contribution < -0.4 is 11.1 Å². The van der Waals surface area contributed by atoms with Crippen LogP contribution in [-0.4, -0.2) is 16.9 Å². The minimum atomic E-state index is -0.864. The molecule has 0 spiro atoms. The van der Waals surface area contributed by atoms with Crippen molar-refractivity contribution < 1.29 is 14.1 Å². The molecule has 0 bridgehead atoms. The van der Waals surface area contributed by atoms with E-state index in [1.54, 1.807) is 6.92 Å². The summed E-state index contributed by atoms with van der Waals surface area (Å²) in [5, 5.41) is 13.4. The normalized spacial score (nSPS) is 12.0. The van der Waals surface area contributed by atoms with Crippen LogP contribution in [0.2, 0.25) is 0 Å². The minimum Gasteiger partial charge on any atom is -0.392 e. The van der Waals surface area contributed by atoms with Gasteiger partial charge in [-0.25, -0.2) is 4.39 Å². The molecular formula is C14H20FN3O3. The number of nitrogens with zero attached hydrogens (tertiary/aromatic N) is 1. The molecule has 0 radical (unpaired) electrons. The summed E-state index contributed by atoms with van der Waals surface area (Å²) in [6, 6.07) is 1.68. The highest BCUT2D eigenvalue weighted by Crippen LogP contribution is 2.27. The third-order valence-corrected chi connectivity index (χ3v) is 3.21. The van der Waals surface area contributed by atoms with E-state index in [-0.39, 0.29) is 6.04 Å². The lowest BCUT2D eigenvalue weighted by molar-refractivity contribution is -0.384. The fourth-order valence-corrected chi connectivity index (χ4v) is 2.04. The van der Waals surface area contributed by atoms with Crippen LogP contribution in [0.15, 0.2) is 12.1 Å². The Bertz CT molecular complexity index is 534. The van der Waals surface area contributed by atoms with Gasteiger partial charge in [-0.1, -0.05) is 26.2 Å². The predicted octanol–water partition coefficient (Wildman–Crippen LogP) is 3.01. The summed E-state index contributed by atoms with van der Waals surface area (Å²) in [6.45, 7) is 3.88. The van der Waals surface area contributed by atoms with Gasteiger partial charge in [-0.3, -0.25) is 14.9 Å². The van der Waals surface area contributed by atoms with Crippen LogP contribution in [0.4, 0.5) is 15.8 Å². The minimum absolute atomic E-state index is 0.151. The Morgan fingerprint density at radius 2 is 2.14 bits per heavy atom. The maximum absolute atomic E-state index is 13.7. The molecule has 3 N–H and O–H groups in total. The summed E-state index contributed by atoms with van der Waals surface area (Å²) in [7, 11) is 0. The lowest BCUT2D eigenvalue weighted by Gasteiger charge is -2.15. The number of nitro groups is 1. The van der Waals surface area contributed by atoms with Crippen LogP contribution in [0.1, 0.15) is 49.9 Å². The van der Waals surface area contributed by atoms with Crippen molar-refractivity contribution in [2.75, 3.05) is 5.73 Å². The number of halogens is 1. The van der Waals surface area contributed by atoms with Crippen LogP contribution in [-0.2, 0) is 0 Å². The largest absolute Gasteiger partial charge is 0.392 e. The molecule has 116 valence electrons. The second-order valence-electron chi connectivity index (χ2n) is 4.98. The maximum Gasteiger partial charge on any atom is 0.293 e. The van der Waals surface area contributed by atoms with Gasteiger partial charge in [-0.05, 0) is 19.4 Å². The van der Waals surface area contributed by atoms with E-state index >= 15 is 0 Å². The topological polar surface area (TPSA) is 98.3 Å². The number of hydrogen-bond acceptors (Lipinski definition) is 4. The Labute approximate surface area is 122 Å². The summed E-state index contributed by atoms with van der Waals surface area (Å²) in [6.07, 6.45) is 3.82. The highest BCUT2D eigenvalue weighted by atomic mass is 19.1. The first-order chi connectivity index (χ1) is 9.88. The third kappa shape index (κ3) is 4.40. The van der Waals surface area contributed by atoms with Crippen LogP contribution in [0, 0.1) is 15.9 Å². The van der Waals surface area contributed by atoms with Gasteiger partial charge in [0.15, 0.2) is 0 Å². The number of hydrogen-bond donors (Lipinski definition) is 2. The molecule has 0 fully saturated rings. The number of unbranched alkanes of at least 4 members (excludes halogenated alkanes) is 2. The van der Waals surface area contributed by atoms with Crippen LogP contribution in [0.5, 0.6) is 0 Å². The first-order valence-corrected chi connectivity index (χ1v) is 6.91. The Kier molecular flexibility index (Phi) is 6.08. The summed E-state index contributed by atoms with van der Waals surface area (Å²) in [4.78, 5) is 22.1. The molecule has 1 aromatic carbocycles. The molecule has 7 heteroatoms. The Morgan fingerprint density at radius 1 is 1.48 bits per heavy atom. The zero-order valence-electron chi connectivity index (χ0n) is 12.2. The van der Waals surface area contributed by atoms with Gasteiger partial charge in [0.1, 0.15) is 17.1 Å². The lowest BCUT2D eigenvalue weighted by atomic mass is 10.1. The van der Waals surface area contributed by atoms with Crippen LogP contribution in [0.3, 0.4) is 0 Å². The molecule has 1 atom stereocenters. The zero-order valence-corrected chi connectivity index (χ0v) is 12.2. The van der Waals surface area contributed by atoms with E-state index in [2.05, 4.69) is 12.2 Å². The van der Waals surface area contributed by atoms with Gasteiger partial charge in [0.05, 0.1) is 4.92 Å². The number of nitrogens with two attached hydrogens (primary N) is 1. The van der Waals surface area contributed by atoms with Gasteiger partial charge in [0, 0.05) is 12.1 Å². The Hall–Kier alpha value is -2.18. The standard InChI is InChI=1S/C14H20FN3O3/c1-3-4-5-6-9(2)17-14(19)12-10(15)7-8-11(13(12)16)18(20)21/h7-9H,3-6,16H2,1-2H3,(H,17,19). The van der Waals surface area contributed by atoms with E-state index in [0.717, 1.165) is 37.8 Å². The van der Waals surface area contributed by atoms with Gasteiger partial charge < -0.3 is 11.1 Å². The molecule has 0 aromatic heterocycles. The average Bonchev–Trinajstić information content (AvgIpc) is 2.38. The van der Waals surface area contributed by atoms with E-state index in [4.69, 9.17) is 5.73 Å². The molecule has 0 saturated carbocycles. The molecule has 0 aliphatic rings. The van der Waals surface area contributed by atoms with Crippen LogP contribution in [0.25, 0.3) is 0 Å². The average molecular weight is 297 g/mol. The molecule has 21 heavy (non-hydrogen) atoms. The summed E-state index contributed by atoms with van der Waals surface area (Å²) < 4.78 is 13.7. The number of nitrogen functional groups attached to an aromatic ring is 1. The Balaban J connectivity index is 2.87. The zero-order chi connectivity index (χ0) is 16.0. The summed E-state index contributed by atoms with van der Waals surface area (Å²) in [5.74, 6) is -1.59. The number of anilines is 1. The van der Waals surface area contributed by atoms with Gasteiger partial charge in [-0.2, -0.15) is 0 Å². The number of amides is 1. The summed E-state index contributed by atoms with van der Waals surface area (Å²) >= 11 is 0. The lowest BCUT2D eigenvalue weighted by Crippen LogP contribution is -2.33. The number of nitrogens with one attached hydrogen (secondary N) is 1. The third-order valence-electron chi connectivity index (χ3n) is 3.21. The highest BCUT2D eigenvalue weighted by Gasteiger charge is 2.24. The molecule has 1 aromatic rings. The number of carbonyl (C=O) groups is 1. The smallest absolute Gasteiger partial charge is 0.293 e. The van der Waals surface area contributed by atoms with Crippen molar-refractivity contribution in [3.8, 4) is 0 Å².